The quantitative estimate of drug-likeness (QED) is 0.313. The molecule has 0 bridgehead atoms. The van der Waals surface area contributed by atoms with Crippen LogP contribution in [0.3, 0.4) is 0 Å². The molecule has 1 heterocycles. The van der Waals surface area contributed by atoms with Crippen molar-refractivity contribution in [3.63, 3.8) is 0 Å². The second-order valence-corrected chi connectivity index (χ2v) is 7.23. The fourth-order valence-electron chi connectivity index (χ4n) is 3.01. The van der Waals surface area contributed by atoms with Crippen LogP contribution in [-0.2, 0) is 4.79 Å². The standard InChI is InChI=1S/C22H14BrN3O3/c23-17-9-11-18(12-10-17)25-22(27)20(21(24-25)16-6-2-1-3-7-16)14-15-5-4-8-19(13-15)26(28)29/h1-14H/b20-14-. The topological polar surface area (TPSA) is 75.8 Å². The van der Waals surface area contributed by atoms with Gasteiger partial charge in [0, 0.05) is 22.2 Å². The van der Waals surface area contributed by atoms with E-state index in [-0.39, 0.29) is 11.6 Å². The van der Waals surface area contributed by atoms with Gasteiger partial charge in [-0.05, 0) is 35.9 Å². The summed E-state index contributed by atoms with van der Waals surface area (Å²) in [5.41, 5.74) is 2.84. The van der Waals surface area contributed by atoms with Crippen molar-refractivity contribution < 1.29 is 9.72 Å². The summed E-state index contributed by atoms with van der Waals surface area (Å²) in [5, 5.41) is 17.0. The van der Waals surface area contributed by atoms with Crippen LogP contribution < -0.4 is 5.01 Å². The average molecular weight is 448 g/mol. The highest BCUT2D eigenvalue weighted by Gasteiger charge is 2.32. The van der Waals surface area contributed by atoms with Crippen LogP contribution in [0.5, 0.6) is 0 Å². The predicted octanol–water partition coefficient (Wildman–Crippen LogP) is 5.19. The highest BCUT2D eigenvalue weighted by atomic mass is 79.9. The number of non-ortho nitro benzene ring substituents is 1. The average Bonchev–Trinajstić information content (AvgIpc) is 3.06. The number of carbonyl (C=O) groups excluding carboxylic acids is 1. The molecule has 0 atom stereocenters. The summed E-state index contributed by atoms with van der Waals surface area (Å²) in [6.07, 6.45) is 1.64. The number of benzene rings is 3. The van der Waals surface area contributed by atoms with Crippen LogP contribution in [0, 0.1) is 10.1 Å². The molecule has 0 unspecified atom stereocenters. The maximum absolute atomic E-state index is 13.2. The first-order valence-electron chi connectivity index (χ1n) is 8.73. The van der Waals surface area contributed by atoms with Gasteiger partial charge in [-0.1, -0.05) is 58.4 Å². The maximum atomic E-state index is 13.2. The maximum Gasteiger partial charge on any atom is 0.281 e. The van der Waals surface area contributed by atoms with Crippen molar-refractivity contribution in [1.82, 2.24) is 0 Å². The minimum absolute atomic E-state index is 0.0345. The lowest BCUT2D eigenvalue weighted by molar-refractivity contribution is -0.384. The number of nitro groups is 1. The second kappa shape index (κ2) is 7.81. The molecule has 3 aromatic carbocycles. The first-order valence-corrected chi connectivity index (χ1v) is 9.53. The lowest BCUT2D eigenvalue weighted by atomic mass is 10.00. The molecular weight excluding hydrogens is 434 g/mol. The Labute approximate surface area is 175 Å². The molecule has 142 valence electrons. The van der Waals surface area contributed by atoms with E-state index in [4.69, 9.17) is 0 Å². The zero-order valence-corrected chi connectivity index (χ0v) is 16.6. The minimum Gasteiger partial charge on any atom is -0.267 e. The van der Waals surface area contributed by atoms with E-state index in [1.807, 2.05) is 42.5 Å². The van der Waals surface area contributed by atoms with Crippen molar-refractivity contribution in [2.45, 2.75) is 0 Å². The highest BCUT2D eigenvalue weighted by Crippen LogP contribution is 2.29. The predicted molar refractivity (Wildman–Crippen MR) is 116 cm³/mol. The van der Waals surface area contributed by atoms with Gasteiger partial charge in [-0.25, -0.2) is 0 Å². The van der Waals surface area contributed by atoms with Gasteiger partial charge in [-0.15, -0.1) is 0 Å². The van der Waals surface area contributed by atoms with E-state index in [2.05, 4.69) is 21.0 Å². The molecule has 0 saturated carbocycles. The molecular formula is C22H14BrN3O3. The first-order chi connectivity index (χ1) is 14.0. The number of rotatable bonds is 4. The van der Waals surface area contributed by atoms with E-state index in [0.29, 0.717) is 22.5 Å². The number of hydrazone groups is 1. The molecule has 1 aliphatic rings. The number of nitro benzene ring substituents is 1. The third kappa shape index (κ3) is 3.86. The summed E-state index contributed by atoms with van der Waals surface area (Å²) in [4.78, 5) is 23.8. The van der Waals surface area contributed by atoms with E-state index < -0.39 is 4.92 Å². The van der Waals surface area contributed by atoms with E-state index in [9.17, 15) is 14.9 Å². The molecule has 1 amide bonds. The Balaban J connectivity index is 1.82. The summed E-state index contributed by atoms with van der Waals surface area (Å²) < 4.78 is 0.896. The molecule has 6 nitrogen and oxygen atoms in total. The van der Waals surface area contributed by atoms with Crippen LogP contribution in [0.4, 0.5) is 11.4 Å². The van der Waals surface area contributed by atoms with Crippen molar-refractivity contribution in [2.75, 3.05) is 5.01 Å². The Hall–Kier alpha value is -3.58. The fourth-order valence-corrected chi connectivity index (χ4v) is 3.27. The van der Waals surface area contributed by atoms with Crippen molar-refractivity contribution >= 4 is 45.0 Å². The molecule has 29 heavy (non-hydrogen) atoms. The summed E-state index contributed by atoms with van der Waals surface area (Å²) in [6.45, 7) is 0. The molecule has 0 radical (unpaired) electrons. The molecule has 7 heteroatoms. The van der Waals surface area contributed by atoms with Crippen LogP contribution in [0.1, 0.15) is 11.1 Å². The molecule has 0 spiro atoms. The van der Waals surface area contributed by atoms with Gasteiger partial charge in [0.2, 0.25) is 0 Å². The lowest BCUT2D eigenvalue weighted by Gasteiger charge is -2.11. The largest absolute Gasteiger partial charge is 0.281 e. The number of anilines is 1. The van der Waals surface area contributed by atoms with Crippen molar-refractivity contribution in [2.24, 2.45) is 5.10 Å². The van der Waals surface area contributed by atoms with Crippen molar-refractivity contribution in [3.8, 4) is 0 Å². The van der Waals surface area contributed by atoms with Gasteiger partial charge in [0.15, 0.2) is 0 Å². The van der Waals surface area contributed by atoms with Crippen LogP contribution in [0.2, 0.25) is 0 Å². The van der Waals surface area contributed by atoms with E-state index in [0.717, 1.165) is 10.0 Å². The van der Waals surface area contributed by atoms with Crippen LogP contribution >= 0.6 is 15.9 Å². The monoisotopic (exact) mass is 447 g/mol. The van der Waals surface area contributed by atoms with Gasteiger partial charge in [-0.3, -0.25) is 14.9 Å². The smallest absolute Gasteiger partial charge is 0.267 e. The van der Waals surface area contributed by atoms with Crippen molar-refractivity contribution in [3.05, 3.63) is 110 Å². The van der Waals surface area contributed by atoms with Gasteiger partial charge in [0.1, 0.15) is 5.71 Å². The summed E-state index contributed by atoms with van der Waals surface area (Å²) in [7, 11) is 0. The van der Waals surface area contributed by atoms with E-state index in [1.165, 1.54) is 17.1 Å². The number of amides is 1. The first kappa shape index (κ1) is 18.8. The van der Waals surface area contributed by atoms with Gasteiger partial charge in [0.05, 0.1) is 16.2 Å². The number of carbonyl (C=O) groups is 1. The van der Waals surface area contributed by atoms with Crippen molar-refractivity contribution in [1.29, 1.82) is 0 Å². The number of hydrogen-bond donors (Lipinski definition) is 0. The number of halogens is 1. The molecule has 3 aromatic rings. The molecule has 0 fully saturated rings. The summed E-state index contributed by atoms with van der Waals surface area (Å²) >= 11 is 3.39. The third-order valence-corrected chi connectivity index (χ3v) is 4.92. The minimum atomic E-state index is -0.460. The molecule has 0 aromatic heterocycles. The lowest BCUT2D eigenvalue weighted by Crippen LogP contribution is -2.21. The normalized spacial score (nSPS) is 14.9. The van der Waals surface area contributed by atoms with Gasteiger partial charge < -0.3 is 0 Å². The molecule has 0 saturated heterocycles. The molecule has 0 N–H and O–H groups in total. The van der Waals surface area contributed by atoms with Crippen LogP contribution in [-0.4, -0.2) is 16.5 Å². The molecule has 1 aliphatic heterocycles. The molecule has 0 aliphatic carbocycles. The van der Waals surface area contributed by atoms with Crippen LogP contribution in [0.15, 0.2) is 94.0 Å². The SMILES string of the molecule is O=C1/C(=C\c2cccc([N+](=O)[O-])c2)C(c2ccccc2)=NN1c1ccc(Br)cc1. The Bertz CT molecular complexity index is 1160. The van der Waals surface area contributed by atoms with Gasteiger partial charge in [0.25, 0.3) is 11.6 Å². The van der Waals surface area contributed by atoms with Gasteiger partial charge >= 0.3 is 0 Å². The zero-order chi connectivity index (χ0) is 20.4. The second-order valence-electron chi connectivity index (χ2n) is 6.32. The Morgan fingerprint density at radius 2 is 1.69 bits per heavy atom. The van der Waals surface area contributed by atoms with E-state index in [1.54, 1.807) is 30.3 Å². The zero-order valence-electron chi connectivity index (χ0n) is 15.0. The molecule has 4 rings (SSSR count). The highest BCUT2D eigenvalue weighted by molar-refractivity contribution is 9.10. The summed E-state index contributed by atoms with van der Waals surface area (Å²) in [6, 6.07) is 22.8. The summed E-state index contributed by atoms with van der Waals surface area (Å²) in [5.74, 6) is -0.294. The number of hydrogen-bond acceptors (Lipinski definition) is 4. The third-order valence-electron chi connectivity index (χ3n) is 4.39. The Morgan fingerprint density at radius 1 is 0.966 bits per heavy atom. The Morgan fingerprint density at radius 3 is 2.38 bits per heavy atom. The fraction of sp³-hybridized carbons (Fsp3) is 0. The Kier molecular flexibility index (Phi) is 5.05. The van der Waals surface area contributed by atoms with E-state index >= 15 is 0 Å². The number of nitrogens with zero attached hydrogens (tertiary/aromatic N) is 3. The van der Waals surface area contributed by atoms with Gasteiger partial charge in [-0.2, -0.15) is 10.1 Å². The van der Waals surface area contributed by atoms with Crippen LogP contribution in [0.25, 0.3) is 6.08 Å².